The molecular formula is C85H166O17P2. The standard InChI is InChI=1S/C85H166O17P2/c1-6-9-12-15-18-21-24-27-30-32-33-34-35-36-37-40-43-46-49-56-61-66-71-84(89)101-80(74-95-82(87)68-63-58-53-47-44-41-39-31-28-25-22-19-16-13-10-7-2)76-99-103(91,92)97-72-79(86)73-98-104(93,94)100-77-81(75-96-83(88)69-64-59-54-51-50-52-57-62-67-78(4)5)102-85(90)70-65-60-55-48-45-42-38-29-26-23-20-17-14-11-8-3/h78-81,86H,6-77H2,1-5H3,(H,91,92)(H,93,94)/t79-,80-,81-/m1/s1. The van der Waals surface area contributed by atoms with Crippen LogP contribution in [0.1, 0.15) is 458 Å². The molecule has 0 aromatic rings. The summed E-state index contributed by atoms with van der Waals surface area (Å²) in [5.74, 6) is -1.37. The molecule has 0 radical (unpaired) electrons. The molecule has 5 atom stereocenters. The third-order valence-corrected chi connectivity index (χ3v) is 21.9. The number of hydrogen-bond donors (Lipinski definition) is 3. The molecule has 104 heavy (non-hydrogen) atoms. The first-order valence-corrected chi connectivity index (χ1v) is 47.1. The van der Waals surface area contributed by atoms with Crippen molar-refractivity contribution in [2.45, 2.75) is 477 Å². The van der Waals surface area contributed by atoms with Gasteiger partial charge in [0.1, 0.15) is 19.3 Å². The first-order chi connectivity index (χ1) is 50.5. The first-order valence-electron chi connectivity index (χ1n) is 44.1. The van der Waals surface area contributed by atoms with Gasteiger partial charge in [-0.2, -0.15) is 0 Å². The zero-order chi connectivity index (χ0) is 76.2. The van der Waals surface area contributed by atoms with Gasteiger partial charge in [0.2, 0.25) is 0 Å². The predicted molar refractivity (Wildman–Crippen MR) is 428 cm³/mol. The summed E-state index contributed by atoms with van der Waals surface area (Å²) in [5.41, 5.74) is 0. The van der Waals surface area contributed by atoms with Crippen LogP contribution in [0.15, 0.2) is 0 Å². The Balaban J connectivity index is 5.22. The Morgan fingerprint density at radius 3 is 0.654 bits per heavy atom. The van der Waals surface area contributed by atoms with Gasteiger partial charge < -0.3 is 33.8 Å². The maximum absolute atomic E-state index is 13.1. The second kappa shape index (κ2) is 77.8. The Bertz CT molecular complexity index is 1980. The van der Waals surface area contributed by atoms with E-state index in [0.29, 0.717) is 25.7 Å². The molecule has 17 nitrogen and oxygen atoms in total. The highest BCUT2D eigenvalue weighted by Gasteiger charge is 2.30. The van der Waals surface area contributed by atoms with Crippen LogP contribution in [0.2, 0.25) is 0 Å². The average molecular weight is 1520 g/mol. The molecule has 0 aliphatic heterocycles. The fourth-order valence-corrected chi connectivity index (χ4v) is 14.9. The summed E-state index contributed by atoms with van der Waals surface area (Å²) in [6, 6.07) is 0. The van der Waals surface area contributed by atoms with E-state index < -0.39 is 97.5 Å². The van der Waals surface area contributed by atoms with E-state index in [1.54, 1.807) is 0 Å². The smallest absolute Gasteiger partial charge is 0.462 e. The van der Waals surface area contributed by atoms with E-state index in [2.05, 4.69) is 34.6 Å². The van der Waals surface area contributed by atoms with Crippen molar-refractivity contribution in [1.82, 2.24) is 0 Å². The van der Waals surface area contributed by atoms with Gasteiger partial charge in [-0.3, -0.25) is 37.3 Å². The number of carbonyl (C=O) groups excluding carboxylic acids is 4. The summed E-state index contributed by atoms with van der Waals surface area (Å²) in [7, 11) is -9.92. The molecule has 3 N–H and O–H groups in total. The number of carbonyl (C=O) groups is 4. The molecule has 0 aromatic carbocycles. The van der Waals surface area contributed by atoms with Crippen LogP contribution in [0.25, 0.3) is 0 Å². The highest BCUT2D eigenvalue weighted by atomic mass is 31.2. The van der Waals surface area contributed by atoms with Crippen molar-refractivity contribution in [3.8, 4) is 0 Å². The highest BCUT2D eigenvalue weighted by Crippen LogP contribution is 2.45. The van der Waals surface area contributed by atoms with Gasteiger partial charge in [-0.1, -0.05) is 407 Å². The van der Waals surface area contributed by atoms with Gasteiger partial charge in [-0.15, -0.1) is 0 Å². The average Bonchev–Trinajstić information content (AvgIpc) is 0.902. The summed E-state index contributed by atoms with van der Waals surface area (Å²) in [6.07, 6.45) is 70.9. The topological polar surface area (TPSA) is 237 Å². The minimum atomic E-state index is -4.96. The third-order valence-electron chi connectivity index (χ3n) is 20.0. The lowest BCUT2D eigenvalue weighted by atomic mass is 10.0. The van der Waals surface area contributed by atoms with Crippen molar-refractivity contribution < 1.29 is 80.2 Å². The summed E-state index contributed by atoms with van der Waals surface area (Å²) >= 11 is 0. The Morgan fingerprint density at radius 2 is 0.442 bits per heavy atom. The molecule has 618 valence electrons. The number of aliphatic hydroxyl groups is 1. The molecule has 0 saturated carbocycles. The Hall–Kier alpha value is -1.94. The molecule has 0 aliphatic carbocycles. The number of phosphoric acid groups is 2. The van der Waals surface area contributed by atoms with E-state index in [4.69, 9.17) is 37.0 Å². The van der Waals surface area contributed by atoms with E-state index in [1.807, 2.05) is 0 Å². The molecule has 2 unspecified atom stereocenters. The van der Waals surface area contributed by atoms with Crippen LogP contribution in [-0.4, -0.2) is 96.7 Å². The Labute approximate surface area is 638 Å². The molecular weight excluding hydrogens is 1350 g/mol. The quantitative estimate of drug-likeness (QED) is 0.0222. The zero-order valence-corrected chi connectivity index (χ0v) is 70.0. The van der Waals surface area contributed by atoms with Crippen LogP contribution in [0.3, 0.4) is 0 Å². The summed E-state index contributed by atoms with van der Waals surface area (Å²) in [5, 5.41) is 10.7. The van der Waals surface area contributed by atoms with E-state index in [0.717, 1.165) is 95.8 Å². The van der Waals surface area contributed by atoms with Gasteiger partial charge >= 0.3 is 39.5 Å². The third kappa shape index (κ3) is 78.2. The molecule has 0 bridgehead atoms. The summed E-state index contributed by atoms with van der Waals surface area (Å²) in [4.78, 5) is 73.2. The van der Waals surface area contributed by atoms with Crippen molar-refractivity contribution >= 4 is 39.5 Å². The molecule has 0 aliphatic rings. The molecule has 0 saturated heterocycles. The number of aliphatic hydroxyl groups excluding tert-OH is 1. The van der Waals surface area contributed by atoms with Crippen LogP contribution >= 0.6 is 15.6 Å². The minimum absolute atomic E-state index is 0.108. The van der Waals surface area contributed by atoms with Crippen molar-refractivity contribution in [2.75, 3.05) is 39.6 Å². The fourth-order valence-electron chi connectivity index (χ4n) is 13.3. The number of ether oxygens (including phenoxy) is 4. The molecule has 0 rings (SSSR count). The van der Waals surface area contributed by atoms with Crippen LogP contribution in [-0.2, 0) is 65.4 Å². The molecule has 0 spiro atoms. The van der Waals surface area contributed by atoms with E-state index in [9.17, 15) is 43.2 Å². The van der Waals surface area contributed by atoms with Crippen LogP contribution < -0.4 is 0 Å². The molecule has 0 heterocycles. The number of rotatable bonds is 85. The normalized spacial score (nSPS) is 13.8. The maximum Gasteiger partial charge on any atom is 0.472 e. The van der Waals surface area contributed by atoms with Gasteiger partial charge in [0.05, 0.1) is 26.4 Å². The van der Waals surface area contributed by atoms with Crippen molar-refractivity contribution in [2.24, 2.45) is 5.92 Å². The van der Waals surface area contributed by atoms with Gasteiger partial charge in [-0.25, -0.2) is 9.13 Å². The van der Waals surface area contributed by atoms with Crippen LogP contribution in [0.4, 0.5) is 0 Å². The highest BCUT2D eigenvalue weighted by molar-refractivity contribution is 7.47. The predicted octanol–water partition coefficient (Wildman–Crippen LogP) is 26.0. The van der Waals surface area contributed by atoms with Gasteiger partial charge in [0.15, 0.2) is 12.2 Å². The lowest BCUT2D eigenvalue weighted by Crippen LogP contribution is -2.30. The van der Waals surface area contributed by atoms with Crippen molar-refractivity contribution in [3.63, 3.8) is 0 Å². The number of esters is 4. The van der Waals surface area contributed by atoms with E-state index >= 15 is 0 Å². The molecule has 19 heteroatoms. The minimum Gasteiger partial charge on any atom is -0.462 e. The van der Waals surface area contributed by atoms with E-state index in [1.165, 1.54) is 283 Å². The van der Waals surface area contributed by atoms with Crippen LogP contribution in [0, 0.1) is 5.92 Å². The first kappa shape index (κ1) is 102. The second-order valence-corrected chi connectivity index (χ2v) is 34.0. The summed E-state index contributed by atoms with van der Waals surface area (Å²) in [6.45, 7) is 7.32. The van der Waals surface area contributed by atoms with Gasteiger partial charge in [0, 0.05) is 25.7 Å². The Morgan fingerprint density at radius 1 is 0.260 bits per heavy atom. The SMILES string of the molecule is CCCCCCCCCCCCCCCCCCCCCCCCC(=O)O[C@H](COC(=O)CCCCCCCCCCCCCCCCCC)COP(=O)(O)OC[C@@H](O)COP(=O)(O)OC[C@@H](COC(=O)CCCCCCCCCCC(C)C)OC(=O)CCCCCCCCCCCCCCCCC. The van der Waals surface area contributed by atoms with Gasteiger partial charge in [0.25, 0.3) is 0 Å². The lowest BCUT2D eigenvalue weighted by Gasteiger charge is -2.21. The van der Waals surface area contributed by atoms with Crippen molar-refractivity contribution in [1.29, 1.82) is 0 Å². The number of phosphoric ester groups is 2. The zero-order valence-electron chi connectivity index (χ0n) is 68.2. The monoisotopic (exact) mass is 1520 g/mol. The largest absolute Gasteiger partial charge is 0.472 e. The molecule has 0 aromatic heterocycles. The maximum atomic E-state index is 13.1. The fraction of sp³-hybridized carbons (Fsp3) is 0.953. The molecule has 0 fully saturated rings. The van der Waals surface area contributed by atoms with E-state index in [-0.39, 0.29) is 25.7 Å². The number of unbranched alkanes of at least 4 members (excludes halogenated alkanes) is 57. The summed E-state index contributed by atoms with van der Waals surface area (Å²) < 4.78 is 68.9. The second-order valence-electron chi connectivity index (χ2n) is 31.1. The van der Waals surface area contributed by atoms with Crippen molar-refractivity contribution in [3.05, 3.63) is 0 Å². The molecule has 0 amide bonds. The Kier molecular flexibility index (Phi) is 76.3. The van der Waals surface area contributed by atoms with Crippen LogP contribution in [0.5, 0.6) is 0 Å². The number of hydrogen-bond acceptors (Lipinski definition) is 15. The van der Waals surface area contributed by atoms with Gasteiger partial charge in [-0.05, 0) is 31.6 Å². The lowest BCUT2D eigenvalue weighted by molar-refractivity contribution is -0.161.